The second-order valence-corrected chi connectivity index (χ2v) is 7.00. The minimum atomic E-state index is -0.725. The molecule has 0 aromatic carbocycles. The minimum Gasteiger partial charge on any atom is -0.461 e. The number of amides is 1. The molecule has 8 heteroatoms. The molecule has 0 radical (unpaired) electrons. The number of carbonyl (C=O) groups excluding carboxylic acids is 3. The van der Waals surface area contributed by atoms with E-state index in [1.807, 2.05) is 6.92 Å². The molecule has 24 heavy (non-hydrogen) atoms. The van der Waals surface area contributed by atoms with Gasteiger partial charge in [0, 0.05) is 6.42 Å². The Morgan fingerprint density at radius 1 is 1.17 bits per heavy atom. The van der Waals surface area contributed by atoms with Crippen LogP contribution >= 0.6 is 11.8 Å². The second kappa shape index (κ2) is 11.0. The van der Waals surface area contributed by atoms with Gasteiger partial charge in [-0.15, -0.1) is 0 Å². The molecule has 0 saturated heterocycles. The van der Waals surface area contributed by atoms with E-state index in [1.165, 1.54) is 0 Å². The summed E-state index contributed by atoms with van der Waals surface area (Å²) < 4.78 is 10.1. The van der Waals surface area contributed by atoms with Gasteiger partial charge < -0.3 is 20.5 Å². The smallest absolute Gasteiger partial charge is 0.357 e. The average molecular weight is 360 g/mol. The minimum absolute atomic E-state index is 0.0177. The van der Waals surface area contributed by atoms with Gasteiger partial charge in [0.1, 0.15) is 5.60 Å². The number of carbonyl (C=O) groups is 3. The molecule has 0 aliphatic carbocycles. The van der Waals surface area contributed by atoms with E-state index in [-0.39, 0.29) is 35.4 Å². The van der Waals surface area contributed by atoms with Crippen LogP contribution in [0, 0.1) is 0 Å². The van der Waals surface area contributed by atoms with Crippen molar-refractivity contribution < 1.29 is 23.9 Å². The van der Waals surface area contributed by atoms with Gasteiger partial charge in [-0.25, -0.2) is 4.79 Å². The SMILES string of the molecule is CCCCC(=O)NC(C(=O)OCC)=C(N)SCC(=O)OC(C)(C)C. The molecule has 0 fully saturated rings. The Balaban J connectivity index is 4.94. The van der Waals surface area contributed by atoms with E-state index in [9.17, 15) is 14.4 Å². The van der Waals surface area contributed by atoms with E-state index >= 15 is 0 Å². The van der Waals surface area contributed by atoms with Crippen LogP contribution in [0.15, 0.2) is 10.7 Å². The molecule has 0 aliphatic rings. The van der Waals surface area contributed by atoms with Gasteiger partial charge in [-0.05, 0) is 34.1 Å². The van der Waals surface area contributed by atoms with E-state index in [4.69, 9.17) is 15.2 Å². The summed E-state index contributed by atoms with van der Waals surface area (Å²) in [7, 11) is 0. The molecular formula is C16H28N2O5S. The van der Waals surface area contributed by atoms with Crippen molar-refractivity contribution in [3.63, 3.8) is 0 Å². The van der Waals surface area contributed by atoms with Gasteiger partial charge in [-0.1, -0.05) is 25.1 Å². The van der Waals surface area contributed by atoms with E-state index in [0.29, 0.717) is 6.42 Å². The first kappa shape index (κ1) is 22.3. The van der Waals surface area contributed by atoms with Crippen LogP contribution < -0.4 is 11.1 Å². The second-order valence-electron chi connectivity index (χ2n) is 5.99. The number of hydrogen-bond donors (Lipinski definition) is 2. The van der Waals surface area contributed by atoms with Crippen LogP contribution in [0.3, 0.4) is 0 Å². The fraction of sp³-hybridized carbons (Fsp3) is 0.688. The standard InChI is InChI=1S/C16H28N2O5S/c1-6-8-9-11(19)18-13(15(21)22-7-2)14(17)24-10-12(20)23-16(3,4)5/h6-10,17H2,1-5H3,(H,18,19). The Hall–Kier alpha value is -1.70. The monoisotopic (exact) mass is 360 g/mol. The predicted molar refractivity (Wildman–Crippen MR) is 93.8 cm³/mol. The number of hydrogen-bond acceptors (Lipinski definition) is 7. The summed E-state index contributed by atoms with van der Waals surface area (Å²) in [5.41, 5.74) is 5.12. The quantitative estimate of drug-likeness (QED) is 0.478. The molecule has 0 bridgehead atoms. The molecule has 0 aliphatic heterocycles. The lowest BCUT2D eigenvalue weighted by atomic mass is 10.2. The summed E-state index contributed by atoms with van der Waals surface area (Å²) in [6, 6.07) is 0. The number of esters is 2. The van der Waals surface area contributed by atoms with E-state index < -0.39 is 17.5 Å². The number of unbranched alkanes of at least 4 members (excludes halogenated alkanes) is 1. The molecule has 3 N–H and O–H groups in total. The largest absolute Gasteiger partial charge is 0.461 e. The van der Waals surface area contributed by atoms with E-state index in [2.05, 4.69) is 5.32 Å². The number of nitrogens with two attached hydrogens (primary N) is 1. The topological polar surface area (TPSA) is 108 Å². The molecule has 0 unspecified atom stereocenters. The van der Waals surface area contributed by atoms with Crippen molar-refractivity contribution in [1.82, 2.24) is 5.32 Å². The third-order valence-corrected chi connectivity index (χ3v) is 3.41. The Kier molecular flexibility index (Phi) is 10.2. The third-order valence-electron chi connectivity index (χ3n) is 2.51. The van der Waals surface area contributed by atoms with Crippen molar-refractivity contribution >= 4 is 29.6 Å². The summed E-state index contributed by atoms with van der Waals surface area (Å²) in [4.78, 5) is 35.5. The molecule has 0 spiro atoms. The zero-order valence-corrected chi connectivity index (χ0v) is 15.9. The van der Waals surface area contributed by atoms with Gasteiger partial charge in [0.15, 0.2) is 5.70 Å². The number of thioether (sulfide) groups is 1. The Morgan fingerprint density at radius 2 is 1.79 bits per heavy atom. The average Bonchev–Trinajstić information content (AvgIpc) is 2.46. The van der Waals surface area contributed by atoms with Gasteiger partial charge in [-0.3, -0.25) is 9.59 Å². The summed E-state index contributed by atoms with van der Waals surface area (Å²) in [5, 5.41) is 2.49. The van der Waals surface area contributed by atoms with Crippen LogP contribution in [0.5, 0.6) is 0 Å². The molecule has 0 aromatic rings. The van der Waals surface area contributed by atoms with Crippen molar-refractivity contribution in [2.45, 2.75) is 59.5 Å². The van der Waals surface area contributed by atoms with Gasteiger partial charge >= 0.3 is 11.9 Å². The van der Waals surface area contributed by atoms with Crippen molar-refractivity contribution in [2.75, 3.05) is 12.4 Å². The zero-order chi connectivity index (χ0) is 18.8. The molecule has 0 rings (SSSR count). The van der Waals surface area contributed by atoms with Gasteiger partial charge in [0.2, 0.25) is 5.91 Å². The lowest BCUT2D eigenvalue weighted by molar-refractivity contribution is -0.151. The Morgan fingerprint density at radius 3 is 2.29 bits per heavy atom. The first-order chi connectivity index (χ1) is 11.1. The molecular weight excluding hydrogens is 332 g/mol. The first-order valence-corrected chi connectivity index (χ1v) is 8.90. The summed E-state index contributed by atoms with van der Waals surface area (Å²) in [5.74, 6) is -1.58. The normalized spacial score (nSPS) is 12.2. The summed E-state index contributed by atoms with van der Waals surface area (Å²) in [6.07, 6.45) is 1.84. The van der Waals surface area contributed by atoms with E-state index in [0.717, 1.165) is 18.2 Å². The van der Waals surface area contributed by atoms with Crippen LogP contribution in [0.25, 0.3) is 0 Å². The Bertz CT molecular complexity index is 483. The van der Waals surface area contributed by atoms with Crippen molar-refractivity contribution in [3.05, 3.63) is 10.7 Å². The van der Waals surface area contributed by atoms with Gasteiger partial charge in [0.05, 0.1) is 17.4 Å². The molecule has 0 aromatic heterocycles. The highest BCUT2D eigenvalue weighted by molar-refractivity contribution is 8.03. The maximum absolute atomic E-state index is 12.0. The van der Waals surface area contributed by atoms with Crippen LogP contribution in [0.2, 0.25) is 0 Å². The highest BCUT2D eigenvalue weighted by Crippen LogP contribution is 2.17. The molecule has 138 valence electrons. The number of ether oxygens (including phenoxy) is 2. The van der Waals surface area contributed by atoms with Crippen molar-refractivity contribution in [1.29, 1.82) is 0 Å². The van der Waals surface area contributed by atoms with Gasteiger partial charge in [-0.2, -0.15) is 0 Å². The summed E-state index contributed by atoms with van der Waals surface area (Å²) >= 11 is 0.921. The van der Waals surface area contributed by atoms with Crippen LogP contribution in [-0.2, 0) is 23.9 Å². The molecule has 0 heterocycles. The predicted octanol–water partition coefficient (Wildman–Crippen LogP) is 2.06. The lowest BCUT2D eigenvalue weighted by Gasteiger charge is -2.19. The van der Waals surface area contributed by atoms with Gasteiger partial charge in [0.25, 0.3) is 0 Å². The highest BCUT2D eigenvalue weighted by atomic mass is 32.2. The van der Waals surface area contributed by atoms with Crippen LogP contribution in [0.4, 0.5) is 0 Å². The van der Waals surface area contributed by atoms with Crippen molar-refractivity contribution in [2.24, 2.45) is 5.73 Å². The van der Waals surface area contributed by atoms with Crippen molar-refractivity contribution in [3.8, 4) is 0 Å². The van der Waals surface area contributed by atoms with Crippen LogP contribution in [0.1, 0.15) is 53.9 Å². The highest BCUT2D eigenvalue weighted by Gasteiger charge is 2.21. The molecule has 0 atom stereocenters. The number of rotatable bonds is 9. The Labute approximate surface area is 147 Å². The third kappa shape index (κ3) is 10.1. The fourth-order valence-electron chi connectivity index (χ4n) is 1.54. The maximum Gasteiger partial charge on any atom is 0.357 e. The molecule has 0 saturated carbocycles. The fourth-order valence-corrected chi connectivity index (χ4v) is 2.15. The first-order valence-electron chi connectivity index (χ1n) is 7.92. The molecule has 7 nitrogen and oxygen atoms in total. The maximum atomic E-state index is 12.0. The van der Waals surface area contributed by atoms with Crippen LogP contribution in [-0.4, -0.2) is 35.8 Å². The summed E-state index contributed by atoms with van der Waals surface area (Å²) in [6.45, 7) is 9.03. The lowest BCUT2D eigenvalue weighted by Crippen LogP contribution is -2.31. The van der Waals surface area contributed by atoms with E-state index in [1.54, 1.807) is 27.7 Å². The number of nitrogens with one attached hydrogen (secondary N) is 1. The zero-order valence-electron chi connectivity index (χ0n) is 15.1. The molecule has 1 amide bonds.